The van der Waals surface area contributed by atoms with Crippen molar-refractivity contribution in [3.63, 3.8) is 0 Å². The third-order valence-corrected chi connectivity index (χ3v) is 2.71. The maximum atomic E-state index is 3.55. The number of nitrogens with one attached hydrogen (secondary N) is 1. The fourth-order valence-electron chi connectivity index (χ4n) is 1.74. The molecule has 0 saturated heterocycles. The van der Waals surface area contributed by atoms with Gasteiger partial charge in [0.2, 0.25) is 0 Å². The zero-order chi connectivity index (χ0) is 9.52. The molecule has 0 amide bonds. The zero-order valence-electron chi connectivity index (χ0n) is 9.05. The normalized spacial score (nSPS) is 22.5. The molecular formula is C12H23N. The molecule has 0 saturated carbocycles. The van der Waals surface area contributed by atoms with Gasteiger partial charge in [-0.25, -0.2) is 0 Å². The molecule has 0 fully saturated rings. The lowest BCUT2D eigenvalue weighted by Crippen LogP contribution is -2.25. The Hall–Kier alpha value is -0.300. The monoisotopic (exact) mass is 181 g/mol. The van der Waals surface area contributed by atoms with E-state index in [-0.39, 0.29) is 0 Å². The molecule has 0 aliphatic heterocycles. The van der Waals surface area contributed by atoms with Gasteiger partial charge in [-0.05, 0) is 50.6 Å². The van der Waals surface area contributed by atoms with Gasteiger partial charge in [0, 0.05) is 0 Å². The number of rotatable bonds is 5. The van der Waals surface area contributed by atoms with E-state index in [1.165, 1.54) is 38.8 Å². The fourth-order valence-corrected chi connectivity index (χ4v) is 1.74. The smallest absolute Gasteiger partial charge is 0.00174 e. The van der Waals surface area contributed by atoms with Crippen LogP contribution >= 0.6 is 0 Å². The van der Waals surface area contributed by atoms with Gasteiger partial charge in [0.05, 0.1) is 0 Å². The van der Waals surface area contributed by atoms with Gasteiger partial charge in [0.25, 0.3) is 0 Å². The van der Waals surface area contributed by atoms with Crippen molar-refractivity contribution in [1.29, 1.82) is 0 Å². The lowest BCUT2D eigenvalue weighted by Gasteiger charge is -2.18. The predicted octanol–water partition coefficient (Wildman–Crippen LogP) is 2.98. The molecule has 1 nitrogen and oxygen atoms in total. The average Bonchev–Trinajstić information content (AvgIpc) is 2.14. The molecule has 1 N–H and O–H groups in total. The Morgan fingerprint density at radius 2 is 2.23 bits per heavy atom. The van der Waals surface area contributed by atoms with E-state index >= 15 is 0 Å². The topological polar surface area (TPSA) is 12.0 Å². The molecule has 0 bridgehead atoms. The summed E-state index contributed by atoms with van der Waals surface area (Å²) in [6, 6.07) is 0. The van der Waals surface area contributed by atoms with E-state index in [9.17, 15) is 0 Å². The lowest BCUT2D eigenvalue weighted by molar-refractivity contribution is 0.427. The van der Waals surface area contributed by atoms with E-state index in [0.717, 1.165) is 11.8 Å². The number of hydrogen-bond donors (Lipinski definition) is 1. The third kappa shape index (κ3) is 5.09. The summed E-state index contributed by atoms with van der Waals surface area (Å²) in [6.07, 6.45) is 9.90. The van der Waals surface area contributed by atoms with E-state index in [4.69, 9.17) is 0 Å². The quantitative estimate of drug-likeness (QED) is 0.508. The largest absolute Gasteiger partial charge is 0.316 e. The summed E-state index contributed by atoms with van der Waals surface area (Å²) in [5.41, 5.74) is 0. The van der Waals surface area contributed by atoms with Crippen LogP contribution in [0.4, 0.5) is 0 Å². The number of allylic oxidation sites excluding steroid dienone is 2. The molecule has 0 spiro atoms. The highest BCUT2D eigenvalue weighted by molar-refractivity contribution is 4.90. The molecule has 13 heavy (non-hydrogen) atoms. The third-order valence-electron chi connectivity index (χ3n) is 2.71. The molecule has 1 atom stereocenters. The molecule has 76 valence electrons. The van der Waals surface area contributed by atoms with Gasteiger partial charge >= 0.3 is 0 Å². The first kappa shape index (κ1) is 10.8. The summed E-state index contributed by atoms with van der Waals surface area (Å²) >= 11 is 0. The second-order valence-corrected chi connectivity index (χ2v) is 4.54. The molecular weight excluding hydrogens is 158 g/mol. The minimum absolute atomic E-state index is 0.832. The molecule has 0 aromatic rings. The standard InChI is InChI=1S/C12H23N/c1-11(2)8-9-13-10-12-6-4-3-5-7-12/h3-4,11-13H,5-10H2,1-2H3. The predicted molar refractivity (Wildman–Crippen MR) is 58.8 cm³/mol. The van der Waals surface area contributed by atoms with Crippen molar-refractivity contribution in [3.8, 4) is 0 Å². The van der Waals surface area contributed by atoms with Crippen LogP contribution in [-0.4, -0.2) is 13.1 Å². The van der Waals surface area contributed by atoms with E-state index in [2.05, 4.69) is 31.3 Å². The second-order valence-electron chi connectivity index (χ2n) is 4.54. The summed E-state index contributed by atoms with van der Waals surface area (Å²) in [4.78, 5) is 0. The molecule has 1 rings (SSSR count). The summed E-state index contributed by atoms with van der Waals surface area (Å²) in [5.74, 6) is 1.73. The van der Waals surface area contributed by atoms with E-state index in [0.29, 0.717) is 0 Å². The van der Waals surface area contributed by atoms with Crippen molar-refractivity contribution in [2.75, 3.05) is 13.1 Å². The van der Waals surface area contributed by atoms with Crippen molar-refractivity contribution in [1.82, 2.24) is 5.32 Å². The molecule has 1 aliphatic rings. The number of hydrogen-bond acceptors (Lipinski definition) is 1. The molecule has 0 aromatic carbocycles. The van der Waals surface area contributed by atoms with Crippen LogP contribution in [-0.2, 0) is 0 Å². The summed E-state index contributed by atoms with van der Waals surface area (Å²) < 4.78 is 0. The molecule has 1 unspecified atom stereocenters. The van der Waals surface area contributed by atoms with Crippen LogP contribution < -0.4 is 5.32 Å². The van der Waals surface area contributed by atoms with Crippen molar-refractivity contribution >= 4 is 0 Å². The van der Waals surface area contributed by atoms with Crippen LogP contribution in [0.2, 0.25) is 0 Å². The van der Waals surface area contributed by atoms with Crippen LogP contribution in [0.5, 0.6) is 0 Å². The summed E-state index contributed by atoms with van der Waals surface area (Å²) in [7, 11) is 0. The Bertz CT molecular complexity index is 149. The maximum Gasteiger partial charge on any atom is -0.00174 e. The SMILES string of the molecule is CC(C)CCNCC1CC=CCC1. The summed E-state index contributed by atoms with van der Waals surface area (Å²) in [6.45, 7) is 6.98. The van der Waals surface area contributed by atoms with Crippen LogP contribution in [0.3, 0.4) is 0 Å². The van der Waals surface area contributed by atoms with Gasteiger partial charge in [-0.1, -0.05) is 26.0 Å². The van der Waals surface area contributed by atoms with E-state index < -0.39 is 0 Å². The molecule has 0 heterocycles. The minimum Gasteiger partial charge on any atom is -0.316 e. The Morgan fingerprint density at radius 3 is 2.85 bits per heavy atom. The first-order valence-electron chi connectivity index (χ1n) is 5.64. The molecule has 0 radical (unpaired) electrons. The zero-order valence-corrected chi connectivity index (χ0v) is 9.05. The molecule has 1 aliphatic carbocycles. The Kier molecular flexibility index (Phi) is 5.14. The Balaban J connectivity index is 1.96. The van der Waals surface area contributed by atoms with Gasteiger partial charge < -0.3 is 5.32 Å². The van der Waals surface area contributed by atoms with Gasteiger partial charge in [-0.15, -0.1) is 0 Å². The maximum absolute atomic E-state index is 3.55. The summed E-state index contributed by atoms with van der Waals surface area (Å²) in [5, 5.41) is 3.55. The Morgan fingerprint density at radius 1 is 1.38 bits per heavy atom. The van der Waals surface area contributed by atoms with Crippen molar-refractivity contribution < 1.29 is 0 Å². The second kappa shape index (κ2) is 6.20. The first-order chi connectivity index (χ1) is 6.29. The van der Waals surface area contributed by atoms with Gasteiger partial charge in [0.1, 0.15) is 0 Å². The first-order valence-corrected chi connectivity index (χ1v) is 5.64. The van der Waals surface area contributed by atoms with Crippen LogP contribution in [0.15, 0.2) is 12.2 Å². The lowest BCUT2D eigenvalue weighted by atomic mass is 9.94. The van der Waals surface area contributed by atoms with Gasteiger partial charge in [-0.2, -0.15) is 0 Å². The van der Waals surface area contributed by atoms with E-state index in [1.807, 2.05) is 0 Å². The van der Waals surface area contributed by atoms with Crippen molar-refractivity contribution in [2.24, 2.45) is 11.8 Å². The van der Waals surface area contributed by atoms with Crippen LogP contribution in [0.1, 0.15) is 39.5 Å². The highest BCUT2D eigenvalue weighted by Crippen LogP contribution is 2.16. The van der Waals surface area contributed by atoms with Crippen LogP contribution in [0, 0.1) is 11.8 Å². The average molecular weight is 181 g/mol. The molecule has 0 aromatic heterocycles. The fraction of sp³-hybridized carbons (Fsp3) is 0.833. The van der Waals surface area contributed by atoms with Crippen molar-refractivity contribution in [2.45, 2.75) is 39.5 Å². The highest BCUT2D eigenvalue weighted by Gasteiger charge is 2.08. The Labute approximate surface area is 82.6 Å². The van der Waals surface area contributed by atoms with E-state index in [1.54, 1.807) is 0 Å². The van der Waals surface area contributed by atoms with Gasteiger partial charge in [-0.3, -0.25) is 0 Å². The minimum atomic E-state index is 0.832. The molecule has 1 heteroatoms. The highest BCUT2D eigenvalue weighted by atomic mass is 14.9. The van der Waals surface area contributed by atoms with Gasteiger partial charge in [0.15, 0.2) is 0 Å². The van der Waals surface area contributed by atoms with Crippen molar-refractivity contribution in [3.05, 3.63) is 12.2 Å². The van der Waals surface area contributed by atoms with Crippen LogP contribution in [0.25, 0.3) is 0 Å².